The molecule has 0 aromatic rings. The Bertz CT molecular complexity index is 315. The van der Waals surface area contributed by atoms with E-state index in [1.165, 1.54) is 69.3 Å². The number of unbranched alkanes of at least 4 members (excludes halogenated alkanes) is 3. The van der Waals surface area contributed by atoms with Crippen molar-refractivity contribution >= 4 is 0 Å². The minimum absolute atomic E-state index is 0.652. The molecule has 1 atom stereocenters. The molecule has 0 aliphatic heterocycles. The van der Waals surface area contributed by atoms with Gasteiger partial charge in [-0.1, -0.05) is 126 Å². The van der Waals surface area contributed by atoms with E-state index in [4.69, 9.17) is 0 Å². The second kappa shape index (κ2) is 35.0. The zero-order chi connectivity index (χ0) is 25.6. The molecule has 1 N–H and O–H groups in total. The van der Waals surface area contributed by atoms with Gasteiger partial charge in [0.1, 0.15) is 0 Å². The molecule has 0 aliphatic carbocycles. The zero-order valence-electron chi connectivity index (χ0n) is 24.1. The third kappa shape index (κ3) is 34.0. The zero-order valence-corrected chi connectivity index (χ0v) is 24.1. The van der Waals surface area contributed by atoms with Crippen molar-refractivity contribution in [3.8, 4) is 0 Å². The summed E-state index contributed by atoms with van der Waals surface area (Å²) in [5.41, 5.74) is 0. The fourth-order valence-electron chi connectivity index (χ4n) is 3.33. The number of allylic oxidation sites excluding steroid dienone is 2. The normalized spacial score (nSPS) is 11.0. The molecule has 0 fully saturated rings. The van der Waals surface area contributed by atoms with Crippen LogP contribution in [0, 0.1) is 17.8 Å². The van der Waals surface area contributed by atoms with Crippen LogP contribution >= 0.6 is 0 Å². The molecule has 196 valence electrons. The van der Waals surface area contributed by atoms with Gasteiger partial charge in [-0.05, 0) is 43.4 Å². The molecule has 0 heterocycles. The van der Waals surface area contributed by atoms with Gasteiger partial charge in [-0.15, -0.1) is 13.2 Å². The van der Waals surface area contributed by atoms with Crippen molar-refractivity contribution in [2.75, 3.05) is 13.1 Å². The molecule has 32 heavy (non-hydrogen) atoms. The van der Waals surface area contributed by atoms with E-state index in [2.05, 4.69) is 61.6 Å². The van der Waals surface area contributed by atoms with E-state index >= 15 is 0 Å². The van der Waals surface area contributed by atoms with Crippen LogP contribution in [0.4, 0.5) is 0 Å². The molecule has 0 aromatic heterocycles. The Morgan fingerprint density at radius 2 is 1.19 bits per heavy atom. The first-order valence-electron chi connectivity index (χ1n) is 14.1. The Balaban J connectivity index is -0.000000194. The first-order valence-corrected chi connectivity index (χ1v) is 14.1. The largest absolute Gasteiger partial charge is 0.314 e. The van der Waals surface area contributed by atoms with E-state index in [0.29, 0.717) is 5.92 Å². The summed E-state index contributed by atoms with van der Waals surface area (Å²) in [6, 6.07) is 0. The third-order valence-corrected chi connectivity index (χ3v) is 6.10. The Labute approximate surface area is 205 Å². The van der Waals surface area contributed by atoms with Crippen LogP contribution in [0.15, 0.2) is 25.3 Å². The van der Waals surface area contributed by atoms with Gasteiger partial charge in [0.15, 0.2) is 0 Å². The Morgan fingerprint density at radius 1 is 0.719 bits per heavy atom. The molecular weight excluding hydrogens is 390 g/mol. The molecule has 0 aromatic carbocycles. The van der Waals surface area contributed by atoms with Crippen LogP contribution in [0.1, 0.15) is 139 Å². The molecule has 0 saturated carbocycles. The lowest BCUT2D eigenvalue weighted by Gasteiger charge is -2.12. The first kappa shape index (κ1) is 38.7. The van der Waals surface area contributed by atoms with Crippen molar-refractivity contribution < 1.29 is 5.21 Å². The van der Waals surface area contributed by atoms with Crippen molar-refractivity contribution in [3.63, 3.8) is 0 Å². The van der Waals surface area contributed by atoms with E-state index in [1.807, 2.05) is 26.0 Å². The van der Waals surface area contributed by atoms with E-state index in [0.717, 1.165) is 37.8 Å². The second-order valence-electron chi connectivity index (χ2n) is 8.67. The summed E-state index contributed by atoms with van der Waals surface area (Å²) in [5, 5.41) is 10.8. The van der Waals surface area contributed by atoms with Crippen LogP contribution in [0.5, 0.6) is 0 Å². The Kier molecular flexibility index (Phi) is 42.3. The van der Waals surface area contributed by atoms with Crippen molar-refractivity contribution in [2.45, 2.75) is 139 Å². The standard InChI is InChI=1S/C13H27NO.C8H16.C7H16.C2H6/c1-4-11-14(15)12-9-7-6-8-10-13(3)5-2;1-4-7-8(5-2)6-3;1-4-7(5-2)6-3;1-2/h5,13,15H,2,4,6-12H2,1,3H3;4,8H,1,5-7H2,2-3H3;7H,4-6H2,1-3H3;1-2H3. The summed E-state index contributed by atoms with van der Waals surface area (Å²) in [6.45, 7) is 28.6. The van der Waals surface area contributed by atoms with Crippen LogP contribution < -0.4 is 0 Å². The maximum absolute atomic E-state index is 9.35. The smallest absolute Gasteiger partial charge is 0.0238 e. The molecule has 0 saturated heterocycles. The molecule has 1 unspecified atom stereocenters. The lowest BCUT2D eigenvalue weighted by atomic mass is 10.00. The van der Waals surface area contributed by atoms with Gasteiger partial charge in [0.25, 0.3) is 0 Å². The van der Waals surface area contributed by atoms with Crippen LogP contribution in [0.25, 0.3) is 0 Å². The van der Waals surface area contributed by atoms with Gasteiger partial charge in [0.2, 0.25) is 0 Å². The molecule has 0 radical (unpaired) electrons. The molecule has 2 nitrogen and oxygen atoms in total. The lowest BCUT2D eigenvalue weighted by molar-refractivity contribution is -0.0913. The highest BCUT2D eigenvalue weighted by molar-refractivity contribution is 4.74. The summed E-state index contributed by atoms with van der Waals surface area (Å²) in [5.74, 6) is 2.52. The quantitative estimate of drug-likeness (QED) is 0.134. The number of nitrogens with zero attached hydrogens (tertiary/aromatic N) is 1. The van der Waals surface area contributed by atoms with Crippen LogP contribution in [0.2, 0.25) is 0 Å². The number of hydroxylamine groups is 2. The van der Waals surface area contributed by atoms with E-state index in [-0.39, 0.29) is 0 Å². The highest BCUT2D eigenvalue weighted by atomic mass is 16.5. The maximum atomic E-state index is 9.35. The summed E-state index contributed by atoms with van der Waals surface area (Å²) < 4.78 is 0. The number of hydrogen-bond acceptors (Lipinski definition) is 2. The van der Waals surface area contributed by atoms with Gasteiger partial charge in [0, 0.05) is 13.1 Å². The number of hydrogen-bond donors (Lipinski definition) is 1. The van der Waals surface area contributed by atoms with Gasteiger partial charge < -0.3 is 5.21 Å². The van der Waals surface area contributed by atoms with E-state index in [9.17, 15) is 5.21 Å². The molecule has 0 bridgehead atoms. The summed E-state index contributed by atoms with van der Waals surface area (Å²) in [4.78, 5) is 0. The molecule has 0 aliphatic rings. The predicted molar refractivity (Wildman–Crippen MR) is 151 cm³/mol. The predicted octanol–water partition coefficient (Wildman–Crippen LogP) is 10.7. The SMILES string of the molecule is C=CC(C)CCCCCCN(O)CCC.C=CCC(CC)CC.CC.CCC(CC)CC. The molecule has 0 amide bonds. The van der Waals surface area contributed by atoms with Crippen LogP contribution in [-0.4, -0.2) is 23.4 Å². The van der Waals surface area contributed by atoms with Crippen molar-refractivity contribution in [1.82, 2.24) is 5.06 Å². The average Bonchev–Trinajstić information content (AvgIpc) is 2.83. The lowest BCUT2D eigenvalue weighted by Crippen LogP contribution is -2.21. The minimum atomic E-state index is 0.652. The Hall–Kier alpha value is -0.600. The topological polar surface area (TPSA) is 23.5 Å². The van der Waals surface area contributed by atoms with E-state index in [1.54, 1.807) is 0 Å². The average molecular weight is 456 g/mol. The van der Waals surface area contributed by atoms with Crippen LogP contribution in [-0.2, 0) is 0 Å². The highest BCUT2D eigenvalue weighted by Gasteiger charge is 1.99. The molecular formula is C30H65NO. The van der Waals surface area contributed by atoms with Crippen molar-refractivity contribution in [3.05, 3.63) is 25.3 Å². The molecule has 0 spiro atoms. The second-order valence-corrected chi connectivity index (χ2v) is 8.67. The molecule has 0 rings (SSSR count). The van der Waals surface area contributed by atoms with Gasteiger partial charge in [-0.2, -0.15) is 5.06 Å². The minimum Gasteiger partial charge on any atom is -0.314 e. The van der Waals surface area contributed by atoms with Gasteiger partial charge >= 0.3 is 0 Å². The first-order chi connectivity index (χ1) is 15.4. The Morgan fingerprint density at radius 3 is 1.50 bits per heavy atom. The maximum Gasteiger partial charge on any atom is 0.0238 e. The summed E-state index contributed by atoms with van der Waals surface area (Å²) >= 11 is 0. The van der Waals surface area contributed by atoms with Crippen molar-refractivity contribution in [2.24, 2.45) is 17.8 Å². The van der Waals surface area contributed by atoms with Crippen molar-refractivity contribution in [1.29, 1.82) is 0 Å². The van der Waals surface area contributed by atoms with Gasteiger partial charge in [-0.25, -0.2) is 0 Å². The van der Waals surface area contributed by atoms with Crippen LogP contribution in [0.3, 0.4) is 0 Å². The number of rotatable bonds is 17. The summed E-state index contributed by atoms with van der Waals surface area (Å²) in [7, 11) is 0. The fraction of sp³-hybridized carbons (Fsp3) is 0.867. The van der Waals surface area contributed by atoms with E-state index < -0.39 is 0 Å². The van der Waals surface area contributed by atoms with Gasteiger partial charge in [-0.3, -0.25) is 0 Å². The monoisotopic (exact) mass is 456 g/mol. The third-order valence-electron chi connectivity index (χ3n) is 6.10. The molecule has 2 heteroatoms. The fourth-order valence-corrected chi connectivity index (χ4v) is 3.33. The highest BCUT2D eigenvalue weighted by Crippen LogP contribution is 2.12. The summed E-state index contributed by atoms with van der Waals surface area (Å²) in [6.07, 6.45) is 19.0. The van der Waals surface area contributed by atoms with Gasteiger partial charge in [0.05, 0.1) is 0 Å².